The first-order valence-corrected chi connectivity index (χ1v) is 5.89. The van der Waals surface area contributed by atoms with Gasteiger partial charge in [0.15, 0.2) is 0 Å². The molecule has 2 nitrogen and oxygen atoms in total. The van der Waals surface area contributed by atoms with Crippen LogP contribution in [0.4, 0.5) is 13.2 Å². The van der Waals surface area contributed by atoms with Gasteiger partial charge in [-0.15, -0.1) is 0 Å². The summed E-state index contributed by atoms with van der Waals surface area (Å²) < 4.78 is 36.4. The first-order valence-electron chi connectivity index (χ1n) is 5.09. The second-order valence-corrected chi connectivity index (χ2v) is 4.56. The molecule has 0 amide bonds. The Morgan fingerprint density at radius 3 is 2.65 bits per heavy atom. The fourth-order valence-corrected chi connectivity index (χ4v) is 1.72. The maximum Gasteiger partial charge on any atom is 0.390 e. The van der Waals surface area contributed by atoms with Crippen LogP contribution >= 0.6 is 15.9 Å². The van der Waals surface area contributed by atoms with E-state index in [1.54, 1.807) is 18.2 Å². The van der Waals surface area contributed by atoms with Gasteiger partial charge in [-0.2, -0.15) is 13.2 Å². The van der Waals surface area contributed by atoms with E-state index in [0.717, 1.165) is 4.47 Å². The minimum Gasteiger partial charge on any atom is -0.387 e. The van der Waals surface area contributed by atoms with Gasteiger partial charge in [0, 0.05) is 17.6 Å². The van der Waals surface area contributed by atoms with Crippen LogP contribution in [0.5, 0.6) is 0 Å². The molecule has 6 heteroatoms. The Labute approximate surface area is 106 Å². The molecule has 1 aromatic carbocycles. The van der Waals surface area contributed by atoms with Crippen molar-refractivity contribution in [2.75, 3.05) is 13.1 Å². The molecule has 0 aliphatic rings. The van der Waals surface area contributed by atoms with Crippen molar-refractivity contribution in [3.05, 3.63) is 34.3 Å². The number of aliphatic hydroxyl groups is 1. The monoisotopic (exact) mass is 311 g/mol. The minimum atomic E-state index is -4.16. The van der Waals surface area contributed by atoms with E-state index in [2.05, 4.69) is 21.2 Å². The second kappa shape index (κ2) is 6.37. The largest absolute Gasteiger partial charge is 0.390 e. The highest BCUT2D eigenvalue weighted by molar-refractivity contribution is 9.10. The van der Waals surface area contributed by atoms with Crippen LogP contribution in [0.25, 0.3) is 0 Å². The van der Waals surface area contributed by atoms with Gasteiger partial charge in [-0.1, -0.05) is 28.1 Å². The first-order chi connectivity index (χ1) is 7.88. The van der Waals surface area contributed by atoms with Crippen LogP contribution in [-0.2, 0) is 0 Å². The molecule has 1 unspecified atom stereocenters. The normalized spacial score (nSPS) is 13.7. The Bertz CT molecular complexity index is 357. The number of aliphatic hydroxyl groups excluding tert-OH is 1. The van der Waals surface area contributed by atoms with Crippen LogP contribution in [0, 0.1) is 0 Å². The summed E-state index contributed by atoms with van der Waals surface area (Å²) >= 11 is 3.26. The number of rotatable bonds is 5. The van der Waals surface area contributed by atoms with Gasteiger partial charge in [-0.25, -0.2) is 0 Å². The first kappa shape index (κ1) is 14.5. The van der Waals surface area contributed by atoms with E-state index in [1.165, 1.54) is 0 Å². The zero-order valence-corrected chi connectivity index (χ0v) is 10.6. The fourth-order valence-electron chi connectivity index (χ4n) is 1.30. The number of halogens is 4. The maximum absolute atomic E-state index is 11.8. The van der Waals surface area contributed by atoms with Crippen molar-refractivity contribution in [2.24, 2.45) is 0 Å². The zero-order chi connectivity index (χ0) is 12.9. The number of alkyl halides is 3. The molecule has 0 fully saturated rings. The lowest BCUT2D eigenvalue weighted by molar-refractivity contribution is -0.133. The smallest absolute Gasteiger partial charge is 0.387 e. The highest BCUT2D eigenvalue weighted by Crippen LogP contribution is 2.19. The summed E-state index contributed by atoms with van der Waals surface area (Å²) in [6.07, 6.45) is -5.85. The molecule has 1 atom stereocenters. The van der Waals surface area contributed by atoms with Crippen molar-refractivity contribution in [3.8, 4) is 0 Å². The molecule has 0 aliphatic carbocycles. The molecule has 0 aliphatic heterocycles. The molecule has 0 aromatic heterocycles. The van der Waals surface area contributed by atoms with E-state index in [1.807, 2.05) is 6.07 Å². The third-order valence-electron chi connectivity index (χ3n) is 2.16. The van der Waals surface area contributed by atoms with E-state index < -0.39 is 18.7 Å². The number of hydrogen-bond acceptors (Lipinski definition) is 2. The van der Waals surface area contributed by atoms with Crippen LogP contribution in [-0.4, -0.2) is 24.4 Å². The standard InChI is InChI=1S/C11H13BrF3NO/c12-9-3-1-2-8(6-9)10(17)7-16-5-4-11(13,14)15/h1-3,6,10,16-17H,4-5,7H2. The summed E-state index contributed by atoms with van der Waals surface area (Å²) in [5, 5.41) is 12.3. The molecular weight excluding hydrogens is 299 g/mol. The summed E-state index contributed by atoms with van der Waals surface area (Å²) in [6.45, 7) is -0.0822. The molecule has 2 N–H and O–H groups in total. The van der Waals surface area contributed by atoms with E-state index in [0.29, 0.717) is 5.56 Å². The maximum atomic E-state index is 11.8. The fraction of sp³-hybridized carbons (Fsp3) is 0.455. The second-order valence-electron chi connectivity index (χ2n) is 3.64. The summed E-state index contributed by atoms with van der Waals surface area (Å²) in [4.78, 5) is 0. The number of hydrogen-bond donors (Lipinski definition) is 2. The van der Waals surface area contributed by atoms with Gasteiger partial charge in [-0.3, -0.25) is 0 Å². The van der Waals surface area contributed by atoms with Crippen molar-refractivity contribution in [1.29, 1.82) is 0 Å². The third kappa shape index (κ3) is 6.05. The summed E-state index contributed by atoms with van der Waals surface area (Å²) in [6, 6.07) is 7.03. The molecule has 1 aromatic rings. The van der Waals surface area contributed by atoms with Crippen molar-refractivity contribution in [1.82, 2.24) is 5.32 Å². The van der Waals surface area contributed by atoms with Crippen molar-refractivity contribution < 1.29 is 18.3 Å². The van der Waals surface area contributed by atoms with Crippen LogP contribution in [0.15, 0.2) is 28.7 Å². The molecule has 0 bridgehead atoms. The highest BCUT2D eigenvalue weighted by Gasteiger charge is 2.26. The lowest BCUT2D eigenvalue weighted by atomic mass is 10.1. The van der Waals surface area contributed by atoms with Gasteiger partial charge < -0.3 is 10.4 Å². The molecule has 0 saturated heterocycles. The topological polar surface area (TPSA) is 32.3 Å². The SMILES string of the molecule is OC(CNCCC(F)(F)F)c1cccc(Br)c1. The minimum absolute atomic E-state index is 0.104. The average Bonchev–Trinajstić information content (AvgIpc) is 2.23. The van der Waals surface area contributed by atoms with Gasteiger partial charge in [0.1, 0.15) is 0 Å². The Morgan fingerprint density at radius 2 is 2.06 bits per heavy atom. The highest BCUT2D eigenvalue weighted by atomic mass is 79.9. The molecule has 0 heterocycles. The predicted molar refractivity (Wildman–Crippen MR) is 62.6 cm³/mol. The van der Waals surface area contributed by atoms with E-state index in [4.69, 9.17) is 0 Å². The van der Waals surface area contributed by atoms with Crippen molar-refractivity contribution >= 4 is 15.9 Å². The van der Waals surface area contributed by atoms with Crippen molar-refractivity contribution in [2.45, 2.75) is 18.7 Å². The third-order valence-corrected chi connectivity index (χ3v) is 2.65. The van der Waals surface area contributed by atoms with Gasteiger partial charge >= 0.3 is 6.18 Å². The van der Waals surface area contributed by atoms with Crippen LogP contribution in [0.3, 0.4) is 0 Å². The van der Waals surface area contributed by atoms with Crippen LogP contribution < -0.4 is 5.32 Å². The van der Waals surface area contributed by atoms with Crippen LogP contribution in [0.2, 0.25) is 0 Å². The molecule has 0 saturated carbocycles. The lowest BCUT2D eigenvalue weighted by Gasteiger charge is -2.13. The summed E-state index contributed by atoms with van der Waals surface area (Å²) in [5.41, 5.74) is 0.666. The van der Waals surface area contributed by atoms with Crippen molar-refractivity contribution in [3.63, 3.8) is 0 Å². The van der Waals surface area contributed by atoms with Gasteiger partial charge in [0.05, 0.1) is 12.5 Å². The van der Waals surface area contributed by atoms with Gasteiger partial charge in [0.25, 0.3) is 0 Å². The summed E-state index contributed by atoms with van der Waals surface area (Å²) in [5.74, 6) is 0. The van der Waals surface area contributed by atoms with Crippen LogP contribution in [0.1, 0.15) is 18.1 Å². The Morgan fingerprint density at radius 1 is 1.35 bits per heavy atom. The molecule has 0 radical (unpaired) electrons. The molecule has 0 spiro atoms. The van der Waals surface area contributed by atoms with Gasteiger partial charge in [-0.05, 0) is 17.7 Å². The lowest BCUT2D eigenvalue weighted by Crippen LogP contribution is -2.26. The number of benzene rings is 1. The predicted octanol–water partition coefficient (Wildman–Crippen LogP) is 3.02. The molecule has 96 valence electrons. The Hall–Kier alpha value is -0.590. The van der Waals surface area contributed by atoms with E-state index in [9.17, 15) is 18.3 Å². The van der Waals surface area contributed by atoms with Gasteiger partial charge in [0.2, 0.25) is 0 Å². The molecule has 1 rings (SSSR count). The Kier molecular flexibility index (Phi) is 5.42. The average molecular weight is 312 g/mol. The Balaban J connectivity index is 2.33. The zero-order valence-electron chi connectivity index (χ0n) is 8.97. The molecular formula is C11H13BrF3NO. The summed E-state index contributed by atoms with van der Waals surface area (Å²) in [7, 11) is 0. The number of nitrogens with one attached hydrogen (secondary N) is 1. The quantitative estimate of drug-likeness (QED) is 0.819. The molecule has 17 heavy (non-hydrogen) atoms. The van der Waals surface area contributed by atoms with E-state index in [-0.39, 0.29) is 13.1 Å². The van der Waals surface area contributed by atoms with E-state index >= 15 is 0 Å².